The van der Waals surface area contributed by atoms with Crippen molar-refractivity contribution in [3.05, 3.63) is 70.8 Å². The first-order valence-corrected chi connectivity index (χ1v) is 8.75. The summed E-state index contributed by atoms with van der Waals surface area (Å²) in [5.41, 5.74) is 1.55. The molecule has 0 bridgehead atoms. The summed E-state index contributed by atoms with van der Waals surface area (Å²) < 4.78 is 43.0. The van der Waals surface area contributed by atoms with Crippen molar-refractivity contribution in [3.8, 4) is 0 Å². The van der Waals surface area contributed by atoms with Crippen LogP contribution in [0.3, 0.4) is 0 Å². The van der Waals surface area contributed by atoms with Gasteiger partial charge < -0.3 is 10.1 Å². The fourth-order valence-corrected chi connectivity index (χ4v) is 2.87. The minimum Gasteiger partial charge on any atom is -0.379 e. The summed E-state index contributed by atoms with van der Waals surface area (Å²) in [5, 5.41) is 2.73. The van der Waals surface area contributed by atoms with Crippen molar-refractivity contribution in [1.82, 2.24) is 10.2 Å². The molecule has 0 aromatic heterocycles. The van der Waals surface area contributed by atoms with Crippen LogP contribution < -0.4 is 5.32 Å². The Labute approximate surface area is 155 Å². The first-order chi connectivity index (χ1) is 12.9. The quantitative estimate of drug-likeness (QED) is 0.866. The number of halogens is 3. The predicted molar refractivity (Wildman–Crippen MR) is 95.2 cm³/mol. The second kappa shape index (κ2) is 8.54. The van der Waals surface area contributed by atoms with Crippen LogP contribution in [0, 0.1) is 0 Å². The number of carbonyl (C=O) groups excluding carboxylic acids is 1. The topological polar surface area (TPSA) is 41.6 Å². The number of hydrogen-bond donors (Lipinski definition) is 1. The van der Waals surface area contributed by atoms with Crippen LogP contribution in [0.15, 0.2) is 48.5 Å². The molecule has 144 valence electrons. The summed E-state index contributed by atoms with van der Waals surface area (Å²) >= 11 is 0. The van der Waals surface area contributed by atoms with E-state index >= 15 is 0 Å². The van der Waals surface area contributed by atoms with E-state index in [1.807, 2.05) is 24.3 Å². The number of hydrogen-bond acceptors (Lipinski definition) is 3. The summed E-state index contributed by atoms with van der Waals surface area (Å²) in [6.45, 7) is 4.54. The number of alkyl halides is 3. The Bertz CT molecular complexity index is 752. The van der Waals surface area contributed by atoms with Crippen LogP contribution in [0.4, 0.5) is 13.2 Å². The molecule has 1 aliphatic heterocycles. The second-order valence-corrected chi connectivity index (χ2v) is 6.46. The van der Waals surface area contributed by atoms with E-state index in [-0.39, 0.29) is 5.56 Å². The van der Waals surface area contributed by atoms with E-state index in [1.165, 1.54) is 17.7 Å². The largest absolute Gasteiger partial charge is 0.416 e. The zero-order valence-electron chi connectivity index (χ0n) is 14.8. The first kappa shape index (κ1) is 19.4. The maximum absolute atomic E-state index is 12.6. The average molecular weight is 378 g/mol. The highest BCUT2D eigenvalue weighted by molar-refractivity contribution is 5.94. The molecular formula is C20H21F3N2O2. The minimum atomic E-state index is -4.40. The van der Waals surface area contributed by atoms with Gasteiger partial charge in [-0.3, -0.25) is 9.69 Å². The summed E-state index contributed by atoms with van der Waals surface area (Å²) in [4.78, 5) is 14.4. The molecule has 1 heterocycles. The number of nitrogens with one attached hydrogen (secondary N) is 1. The maximum atomic E-state index is 12.6. The number of nitrogens with zero attached hydrogens (tertiary/aromatic N) is 1. The molecule has 7 heteroatoms. The highest BCUT2D eigenvalue weighted by Gasteiger charge is 2.30. The third-order valence-corrected chi connectivity index (χ3v) is 4.46. The third kappa shape index (κ3) is 5.55. The van der Waals surface area contributed by atoms with Crippen molar-refractivity contribution in [2.45, 2.75) is 19.3 Å². The maximum Gasteiger partial charge on any atom is 0.416 e. The molecule has 1 N–H and O–H groups in total. The van der Waals surface area contributed by atoms with Crippen molar-refractivity contribution < 1.29 is 22.7 Å². The van der Waals surface area contributed by atoms with E-state index in [4.69, 9.17) is 4.74 Å². The Hall–Kier alpha value is -2.38. The minimum absolute atomic E-state index is 0.201. The Morgan fingerprint density at radius 3 is 2.15 bits per heavy atom. The van der Waals surface area contributed by atoms with Crippen molar-refractivity contribution in [1.29, 1.82) is 0 Å². The molecule has 1 saturated heterocycles. The summed E-state index contributed by atoms with van der Waals surface area (Å²) in [7, 11) is 0. The van der Waals surface area contributed by atoms with Gasteiger partial charge in [0.25, 0.3) is 5.91 Å². The Morgan fingerprint density at radius 1 is 0.963 bits per heavy atom. The van der Waals surface area contributed by atoms with Gasteiger partial charge >= 0.3 is 6.18 Å². The van der Waals surface area contributed by atoms with E-state index in [1.54, 1.807) is 0 Å². The molecule has 3 rings (SSSR count). The number of rotatable bonds is 5. The third-order valence-electron chi connectivity index (χ3n) is 4.46. The van der Waals surface area contributed by atoms with Crippen molar-refractivity contribution in [2.24, 2.45) is 0 Å². The number of benzene rings is 2. The zero-order chi connectivity index (χ0) is 19.3. The summed E-state index contributed by atoms with van der Waals surface area (Å²) in [6, 6.07) is 12.1. The fraction of sp³-hybridized carbons (Fsp3) is 0.350. The van der Waals surface area contributed by atoms with Gasteiger partial charge in [-0.25, -0.2) is 0 Å². The highest BCUT2D eigenvalue weighted by atomic mass is 19.4. The molecule has 27 heavy (non-hydrogen) atoms. The van der Waals surface area contributed by atoms with E-state index in [2.05, 4.69) is 10.2 Å². The van der Waals surface area contributed by atoms with E-state index < -0.39 is 17.6 Å². The van der Waals surface area contributed by atoms with Crippen LogP contribution in [-0.4, -0.2) is 37.1 Å². The lowest BCUT2D eigenvalue weighted by atomic mass is 10.1. The molecular weight excluding hydrogens is 357 g/mol. The van der Waals surface area contributed by atoms with Crippen LogP contribution in [0.25, 0.3) is 0 Å². The Morgan fingerprint density at radius 2 is 1.56 bits per heavy atom. The Kier molecular flexibility index (Phi) is 6.13. The van der Waals surface area contributed by atoms with Gasteiger partial charge in [0.2, 0.25) is 0 Å². The summed E-state index contributed by atoms with van der Waals surface area (Å²) in [5.74, 6) is -0.402. The van der Waals surface area contributed by atoms with Gasteiger partial charge in [0.05, 0.1) is 18.8 Å². The fourth-order valence-electron chi connectivity index (χ4n) is 2.87. The van der Waals surface area contributed by atoms with Crippen molar-refractivity contribution in [2.75, 3.05) is 26.3 Å². The van der Waals surface area contributed by atoms with Gasteiger partial charge in [0, 0.05) is 31.7 Å². The molecule has 4 nitrogen and oxygen atoms in total. The zero-order valence-corrected chi connectivity index (χ0v) is 14.8. The van der Waals surface area contributed by atoms with E-state index in [9.17, 15) is 18.0 Å². The lowest BCUT2D eigenvalue weighted by Gasteiger charge is -2.26. The predicted octanol–water partition coefficient (Wildman–Crippen LogP) is 3.47. The van der Waals surface area contributed by atoms with E-state index in [0.29, 0.717) is 6.54 Å². The first-order valence-electron chi connectivity index (χ1n) is 8.75. The molecule has 1 fully saturated rings. The molecule has 1 amide bonds. The number of morpholine rings is 1. The van der Waals surface area contributed by atoms with Gasteiger partial charge in [-0.1, -0.05) is 24.3 Å². The van der Waals surface area contributed by atoms with Gasteiger partial charge in [0.1, 0.15) is 0 Å². The lowest BCUT2D eigenvalue weighted by Crippen LogP contribution is -2.35. The normalized spacial score (nSPS) is 15.5. The van der Waals surface area contributed by atoms with Crippen LogP contribution in [0.1, 0.15) is 27.0 Å². The highest BCUT2D eigenvalue weighted by Crippen LogP contribution is 2.29. The van der Waals surface area contributed by atoms with E-state index in [0.717, 1.165) is 50.5 Å². The number of ether oxygens (including phenoxy) is 1. The average Bonchev–Trinajstić information content (AvgIpc) is 2.67. The lowest BCUT2D eigenvalue weighted by molar-refractivity contribution is -0.137. The molecule has 0 spiro atoms. The van der Waals surface area contributed by atoms with Crippen LogP contribution in [-0.2, 0) is 24.0 Å². The van der Waals surface area contributed by atoms with Crippen LogP contribution >= 0.6 is 0 Å². The standard InChI is InChI=1S/C20H21F3N2O2/c21-20(22,23)18-7-5-17(6-8-18)19(26)24-13-15-1-3-16(4-2-15)14-25-9-11-27-12-10-25/h1-8H,9-14H2,(H,24,26). The molecule has 1 aliphatic rings. The molecule has 2 aromatic carbocycles. The molecule has 0 saturated carbocycles. The van der Waals surface area contributed by atoms with Crippen LogP contribution in [0.5, 0.6) is 0 Å². The summed E-state index contributed by atoms with van der Waals surface area (Å²) in [6.07, 6.45) is -4.40. The van der Waals surface area contributed by atoms with Crippen molar-refractivity contribution in [3.63, 3.8) is 0 Å². The van der Waals surface area contributed by atoms with Gasteiger partial charge in [-0.05, 0) is 35.4 Å². The smallest absolute Gasteiger partial charge is 0.379 e. The van der Waals surface area contributed by atoms with Gasteiger partial charge in [0.15, 0.2) is 0 Å². The number of amides is 1. The monoisotopic (exact) mass is 378 g/mol. The molecule has 2 aromatic rings. The number of carbonyl (C=O) groups is 1. The molecule has 0 atom stereocenters. The van der Waals surface area contributed by atoms with Crippen LogP contribution in [0.2, 0.25) is 0 Å². The molecule has 0 radical (unpaired) electrons. The molecule has 0 aliphatic carbocycles. The van der Waals surface area contributed by atoms with Gasteiger partial charge in [-0.15, -0.1) is 0 Å². The second-order valence-electron chi connectivity index (χ2n) is 6.46. The Balaban J connectivity index is 1.51. The SMILES string of the molecule is O=C(NCc1ccc(CN2CCOCC2)cc1)c1ccc(C(F)(F)F)cc1. The van der Waals surface area contributed by atoms with Gasteiger partial charge in [-0.2, -0.15) is 13.2 Å². The molecule has 0 unspecified atom stereocenters. The van der Waals surface area contributed by atoms with Crippen molar-refractivity contribution >= 4 is 5.91 Å².